The lowest BCUT2D eigenvalue weighted by Crippen LogP contribution is -2.52. The van der Waals surface area contributed by atoms with Crippen molar-refractivity contribution in [3.05, 3.63) is 0 Å². The molecule has 0 aromatic carbocycles. The van der Waals surface area contributed by atoms with Crippen molar-refractivity contribution in [2.24, 2.45) is 5.92 Å². The number of ether oxygens (including phenoxy) is 3. The molecule has 0 aliphatic heterocycles. The summed E-state index contributed by atoms with van der Waals surface area (Å²) >= 11 is 0. The summed E-state index contributed by atoms with van der Waals surface area (Å²) in [5.74, 6) is 0.557. The average Bonchev–Trinajstić information content (AvgIpc) is 2.96. The van der Waals surface area contributed by atoms with Gasteiger partial charge in [-0.3, -0.25) is 0 Å². The Kier molecular flexibility index (Phi) is 8.29. The second-order valence-electron chi connectivity index (χ2n) is 7.33. The van der Waals surface area contributed by atoms with E-state index in [4.69, 9.17) is 14.2 Å². The lowest BCUT2D eigenvalue weighted by molar-refractivity contribution is -0.121. The highest BCUT2D eigenvalue weighted by molar-refractivity contribution is 5.67. The standard InChI is InChI=1S/C17H34N2O4/c1-12(15(21-5)22-6)19-14(13-9-7-8-10-13)11-18-16(20)23-17(2,3)4/h12-15,19H,7-11H2,1-6H3,(H,18,20). The van der Waals surface area contributed by atoms with Gasteiger partial charge < -0.3 is 24.8 Å². The van der Waals surface area contributed by atoms with Crippen molar-refractivity contribution in [2.75, 3.05) is 20.8 Å². The first-order valence-corrected chi connectivity index (χ1v) is 8.55. The largest absolute Gasteiger partial charge is 0.444 e. The van der Waals surface area contributed by atoms with E-state index in [1.807, 2.05) is 27.7 Å². The summed E-state index contributed by atoms with van der Waals surface area (Å²) in [7, 11) is 3.27. The van der Waals surface area contributed by atoms with Crippen LogP contribution in [0.1, 0.15) is 53.4 Å². The first kappa shape index (κ1) is 20.2. The van der Waals surface area contributed by atoms with Gasteiger partial charge in [-0.2, -0.15) is 0 Å². The van der Waals surface area contributed by atoms with Crippen molar-refractivity contribution in [1.82, 2.24) is 10.6 Å². The molecule has 0 aromatic rings. The van der Waals surface area contributed by atoms with Crippen LogP contribution in [0.5, 0.6) is 0 Å². The molecule has 6 heteroatoms. The number of carbonyl (C=O) groups excluding carboxylic acids is 1. The Morgan fingerprint density at radius 1 is 1.17 bits per heavy atom. The Morgan fingerprint density at radius 3 is 2.22 bits per heavy atom. The zero-order valence-corrected chi connectivity index (χ0v) is 15.5. The van der Waals surface area contributed by atoms with E-state index in [1.54, 1.807) is 14.2 Å². The normalized spacial score (nSPS) is 18.9. The van der Waals surface area contributed by atoms with Crippen molar-refractivity contribution in [2.45, 2.75) is 77.4 Å². The second kappa shape index (κ2) is 9.45. The molecule has 0 spiro atoms. The predicted octanol–water partition coefficient (Wildman–Crippen LogP) is 2.67. The molecule has 1 rings (SSSR count). The molecule has 2 atom stereocenters. The Labute approximate surface area is 140 Å². The minimum Gasteiger partial charge on any atom is -0.444 e. The van der Waals surface area contributed by atoms with E-state index in [2.05, 4.69) is 10.6 Å². The van der Waals surface area contributed by atoms with Gasteiger partial charge >= 0.3 is 6.09 Å². The highest BCUT2D eigenvalue weighted by Crippen LogP contribution is 2.28. The van der Waals surface area contributed by atoms with Gasteiger partial charge in [0.15, 0.2) is 6.29 Å². The molecule has 0 heterocycles. The molecule has 2 N–H and O–H groups in total. The molecule has 6 nitrogen and oxygen atoms in total. The number of carbonyl (C=O) groups is 1. The van der Waals surface area contributed by atoms with Gasteiger partial charge in [-0.05, 0) is 46.5 Å². The third-order valence-corrected chi connectivity index (χ3v) is 4.18. The molecule has 0 saturated heterocycles. The van der Waals surface area contributed by atoms with Crippen LogP contribution in [0.25, 0.3) is 0 Å². The summed E-state index contributed by atoms with van der Waals surface area (Å²) in [6.07, 6.45) is 4.20. The maximum absolute atomic E-state index is 11.9. The molecule has 2 unspecified atom stereocenters. The van der Waals surface area contributed by atoms with E-state index < -0.39 is 5.60 Å². The zero-order valence-electron chi connectivity index (χ0n) is 15.5. The molecule has 1 saturated carbocycles. The van der Waals surface area contributed by atoms with Crippen molar-refractivity contribution in [3.8, 4) is 0 Å². The second-order valence-corrected chi connectivity index (χ2v) is 7.33. The van der Waals surface area contributed by atoms with E-state index in [1.165, 1.54) is 25.7 Å². The molecule has 1 amide bonds. The Hall–Kier alpha value is -0.850. The summed E-state index contributed by atoms with van der Waals surface area (Å²) in [6, 6.07) is 0.226. The van der Waals surface area contributed by atoms with E-state index in [9.17, 15) is 4.79 Å². The summed E-state index contributed by atoms with van der Waals surface area (Å²) in [5.41, 5.74) is -0.481. The molecule has 0 aromatic heterocycles. The van der Waals surface area contributed by atoms with Gasteiger partial charge in [-0.15, -0.1) is 0 Å². The van der Waals surface area contributed by atoms with Crippen LogP contribution in [0, 0.1) is 5.92 Å². The van der Waals surface area contributed by atoms with E-state index in [0.29, 0.717) is 12.5 Å². The molecule has 0 bridgehead atoms. The van der Waals surface area contributed by atoms with Crippen LogP contribution < -0.4 is 10.6 Å². The fourth-order valence-corrected chi connectivity index (χ4v) is 3.15. The first-order valence-electron chi connectivity index (χ1n) is 8.55. The molecule has 1 fully saturated rings. The highest BCUT2D eigenvalue weighted by atomic mass is 16.7. The van der Waals surface area contributed by atoms with Crippen molar-refractivity contribution in [1.29, 1.82) is 0 Å². The van der Waals surface area contributed by atoms with Crippen LogP contribution in [0.4, 0.5) is 4.79 Å². The van der Waals surface area contributed by atoms with Crippen LogP contribution in [0.15, 0.2) is 0 Å². The third-order valence-electron chi connectivity index (χ3n) is 4.18. The number of nitrogens with one attached hydrogen (secondary N) is 2. The maximum Gasteiger partial charge on any atom is 0.407 e. The smallest absolute Gasteiger partial charge is 0.407 e. The fourth-order valence-electron chi connectivity index (χ4n) is 3.15. The van der Waals surface area contributed by atoms with Gasteiger partial charge in [-0.25, -0.2) is 4.79 Å². The van der Waals surface area contributed by atoms with Gasteiger partial charge in [0.25, 0.3) is 0 Å². The Bertz CT molecular complexity index is 347. The molecular formula is C17H34N2O4. The summed E-state index contributed by atoms with van der Waals surface area (Å²) in [4.78, 5) is 11.9. The van der Waals surface area contributed by atoms with Crippen molar-refractivity contribution >= 4 is 6.09 Å². The average molecular weight is 330 g/mol. The van der Waals surface area contributed by atoms with Crippen LogP contribution in [-0.2, 0) is 14.2 Å². The Balaban J connectivity index is 2.57. The van der Waals surface area contributed by atoms with Crippen LogP contribution in [-0.4, -0.2) is 50.8 Å². The number of amides is 1. The Morgan fingerprint density at radius 2 is 1.74 bits per heavy atom. The topological polar surface area (TPSA) is 68.8 Å². The lowest BCUT2D eigenvalue weighted by atomic mass is 9.97. The highest BCUT2D eigenvalue weighted by Gasteiger charge is 2.29. The molecule has 0 radical (unpaired) electrons. The van der Waals surface area contributed by atoms with Crippen molar-refractivity contribution < 1.29 is 19.0 Å². The van der Waals surface area contributed by atoms with E-state index >= 15 is 0 Å². The monoisotopic (exact) mass is 330 g/mol. The maximum atomic E-state index is 11.9. The van der Waals surface area contributed by atoms with Crippen LogP contribution in [0.2, 0.25) is 0 Å². The fraction of sp³-hybridized carbons (Fsp3) is 0.941. The number of rotatable bonds is 8. The first-order chi connectivity index (χ1) is 10.8. The molecule has 1 aliphatic carbocycles. The summed E-state index contributed by atoms with van der Waals surface area (Å²) < 4.78 is 16.0. The van der Waals surface area contributed by atoms with E-state index in [0.717, 1.165) is 0 Å². The van der Waals surface area contributed by atoms with E-state index in [-0.39, 0.29) is 24.5 Å². The third kappa shape index (κ3) is 7.50. The van der Waals surface area contributed by atoms with Gasteiger partial charge in [0.1, 0.15) is 5.60 Å². The number of hydrogen-bond acceptors (Lipinski definition) is 5. The number of methoxy groups -OCH3 is 2. The molecule has 1 aliphatic rings. The molecule has 136 valence electrons. The van der Waals surface area contributed by atoms with Crippen molar-refractivity contribution in [3.63, 3.8) is 0 Å². The number of alkyl carbamates (subject to hydrolysis) is 1. The van der Waals surface area contributed by atoms with Crippen LogP contribution in [0.3, 0.4) is 0 Å². The zero-order chi connectivity index (χ0) is 17.5. The van der Waals surface area contributed by atoms with Gasteiger partial charge in [0.05, 0.1) is 6.04 Å². The predicted molar refractivity (Wildman–Crippen MR) is 90.4 cm³/mol. The van der Waals surface area contributed by atoms with Gasteiger partial charge in [0.2, 0.25) is 0 Å². The minimum atomic E-state index is -0.481. The summed E-state index contributed by atoms with van der Waals surface area (Å²) in [6.45, 7) is 8.17. The van der Waals surface area contributed by atoms with Gasteiger partial charge in [0, 0.05) is 26.8 Å². The van der Waals surface area contributed by atoms with Gasteiger partial charge in [-0.1, -0.05) is 12.8 Å². The summed E-state index contributed by atoms with van der Waals surface area (Å²) in [5, 5.41) is 6.45. The van der Waals surface area contributed by atoms with Crippen LogP contribution >= 0.6 is 0 Å². The quantitative estimate of drug-likeness (QED) is 0.670. The molecule has 23 heavy (non-hydrogen) atoms. The molecular weight excluding hydrogens is 296 g/mol. The number of hydrogen-bond donors (Lipinski definition) is 2. The lowest BCUT2D eigenvalue weighted by Gasteiger charge is -2.31. The minimum absolute atomic E-state index is 0.0380. The SMILES string of the molecule is COC(OC)C(C)NC(CNC(=O)OC(C)(C)C)C1CCCC1.